The highest BCUT2D eigenvalue weighted by molar-refractivity contribution is 5.93. The molecule has 1 aliphatic carbocycles. The molecule has 3 heteroatoms. The van der Waals surface area contributed by atoms with E-state index >= 15 is 0 Å². The number of para-hydroxylation sites is 2. The zero-order valence-corrected chi connectivity index (χ0v) is 29.6. The third-order valence-corrected chi connectivity index (χ3v) is 10.9. The van der Waals surface area contributed by atoms with Gasteiger partial charge in [-0.15, -0.1) is 0 Å². The van der Waals surface area contributed by atoms with E-state index in [9.17, 15) is 10.5 Å². The first kappa shape index (κ1) is 32.5. The van der Waals surface area contributed by atoms with Crippen molar-refractivity contribution < 1.29 is 0 Å². The minimum absolute atomic E-state index is 0.373. The molecule has 0 unspecified atom stereocenters. The fraction of sp³-hybridized carbons (Fsp3) is 0.102. The highest BCUT2D eigenvalue weighted by Crippen LogP contribution is 2.63. The predicted octanol–water partition coefficient (Wildman–Crippen LogP) is 12.0. The first-order valence-electron chi connectivity index (χ1n) is 17.6. The van der Waals surface area contributed by atoms with E-state index in [0.29, 0.717) is 11.1 Å². The highest BCUT2D eigenvalue weighted by atomic mass is 15.2. The number of anilines is 3. The first-order valence-corrected chi connectivity index (χ1v) is 17.6. The van der Waals surface area contributed by atoms with Crippen LogP contribution in [0.5, 0.6) is 0 Å². The monoisotopic (exact) mass is 667 g/mol. The summed E-state index contributed by atoms with van der Waals surface area (Å²) in [5, 5.41) is 20.5. The Morgan fingerprint density at radius 1 is 0.596 bits per heavy atom. The number of nitrogens with zero attached hydrogens (tertiary/aromatic N) is 3. The Bertz CT molecular complexity index is 2440. The van der Waals surface area contributed by atoms with Crippen molar-refractivity contribution in [2.45, 2.75) is 31.6 Å². The van der Waals surface area contributed by atoms with Gasteiger partial charge >= 0.3 is 0 Å². The Hall–Kier alpha value is -6.68. The molecule has 0 saturated heterocycles. The van der Waals surface area contributed by atoms with E-state index in [1.807, 2.05) is 30.4 Å². The van der Waals surface area contributed by atoms with Gasteiger partial charge in [0.2, 0.25) is 0 Å². The fourth-order valence-electron chi connectivity index (χ4n) is 8.47. The molecule has 6 aromatic rings. The van der Waals surface area contributed by atoms with Gasteiger partial charge in [0, 0.05) is 11.1 Å². The van der Waals surface area contributed by atoms with Crippen LogP contribution in [0.2, 0.25) is 0 Å². The Morgan fingerprint density at radius 2 is 1.15 bits per heavy atom. The van der Waals surface area contributed by atoms with Gasteiger partial charge < -0.3 is 4.90 Å². The average Bonchev–Trinajstić information content (AvgIpc) is 3.19. The minimum Gasteiger partial charge on any atom is -0.310 e. The third-order valence-electron chi connectivity index (χ3n) is 10.9. The van der Waals surface area contributed by atoms with Crippen molar-refractivity contribution in [3.63, 3.8) is 0 Å². The van der Waals surface area contributed by atoms with Crippen LogP contribution in [0.3, 0.4) is 0 Å². The normalized spacial score (nSPS) is 14.8. The van der Waals surface area contributed by atoms with Crippen molar-refractivity contribution >= 4 is 22.6 Å². The quantitative estimate of drug-likeness (QED) is 0.172. The summed E-state index contributed by atoms with van der Waals surface area (Å²) in [6, 6.07) is 51.8. The number of hydrogen-bond acceptors (Lipinski definition) is 3. The second kappa shape index (κ2) is 12.6. The lowest BCUT2D eigenvalue weighted by Crippen LogP contribution is -2.45. The van der Waals surface area contributed by atoms with Crippen LogP contribution in [0.4, 0.5) is 17.1 Å². The molecule has 0 bridgehead atoms. The minimum atomic E-state index is -0.797. The maximum atomic E-state index is 10.3. The van der Waals surface area contributed by atoms with Crippen LogP contribution in [0, 0.1) is 22.7 Å². The van der Waals surface area contributed by atoms with Crippen LogP contribution >= 0.6 is 0 Å². The molecule has 0 aromatic heterocycles. The second-order valence-corrected chi connectivity index (χ2v) is 14.1. The number of allylic oxidation sites excluding steroid dienone is 5. The van der Waals surface area contributed by atoms with Crippen LogP contribution in [0.15, 0.2) is 164 Å². The topological polar surface area (TPSA) is 50.8 Å². The lowest BCUT2D eigenvalue weighted by Gasteiger charge is -2.52. The van der Waals surface area contributed by atoms with Crippen LogP contribution in [0.25, 0.3) is 16.7 Å². The summed E-state index contributed by atoms with van der Waals surface area (Å²) in [6.07, 6.45) is 7.88. The van der Waals surface area contributed by atoms with E-state index in [1.54, 1.807) is 6.08 Å². The lowest BCUT2D eigenvalue weighted by molar-refractivity contribution is 0.556. The molecule has 8 rings (SSSR count). The van der Waals surface area contributed by atoms with Gasteiger partial charge in [0.15, 0.2) is 0 Å². The van der Waals surface area contributed by atoms with Crippen molar-refractivity contribution in [3.8, 4) is 23.3 Å². The Morgan fingerprint density at radius 3 is 1.71 bits per heavy atom. The number of nitriles is 2. The van der Waals surface area contributed by atoms with Crippen molar-refractivity contribution in [1.82, 2.24) is 0 Å². The molecule has 0 atom stereocenters. The molecule has 0 radical (unpaired) electrons. The Balaban J connectivity index is 1.49. The molecule has 0 fully saturated rings. The SMILES string of the molecule is C=C/C=C\C=C(/C)c1cc(-c2ccccc2)cc(N2c3ccccc3C3(c4ccccc42)c2cc(C#N)ccc2C(C)(C)c2ccc(C#N)cc23)c1. The van der Waals surface area contributed by atoms with Gasteiger partial charge in [0.1, 0.15) is 0 Å². The van der Waals surface area contributed by atoms with Crippen LogP contribution in [0.1, 0.15) is 70.8 Å². The molecular formula is C49H37N3. The van der Waals surface area contributed by atoms with Crippen molar-refractivity contribution in [1.29, 1.82) is 10.5 Å². The van der Waals surface area contributed by atoms with E-state index in [-0.39, 0.29) is 5.41 Å². The van der Waals surface area contributed by atoms with Crippen LogP contribution < -0.4 is 4.90 Å². The highest BCUT2D eigenvalue weighted by Gasteiger charge is 2.53. The number of hydrogen-bond donors (Lipinski definition) is 0. The summed E-state index contributed by atoms with van der Waals surface area (Å²) in [7, 11) is 0. The molecule has 3 nitrogen and oxygen atoms in total. The maximum absolute atomic E-state index is 10.3. The van der Waals surface area contributed by atoms with E-state index < -0.39 is 5.41 Å². The lowest BCUT2D eigenvalue weighted by atomic mass is 9.52. The van der Waals surface area contributed by atoms with Gasteiger partial charge in [-0.3, -0.25) is 0 Å². The van der Waals surface area contributed by atoms with Crippen LogP contribution in [-0.4, -0.2) is 0 Å². The average molecular weight is 668 g/mol. The summed E-state index contributed by atoms with van der Waals surface area (Å²) in [5.74, 6) is 0. The molecule has 0 N–H and O–H groups in total. The molecule has 1 heterocycles. The summed E-state index contributed by atoms with van der Waals surface area (Å²) in [6.45, 7) is 10.5. The molecule has 6 aromatic carbocycles. The molecule has 248 valence electrons. The Kier molecular flexibility index (Phi) is 7.87. The largest absolute Gasteiger partial charge is 0.310 e. The molecule has 0 amide bonds. The van der Waals surface area contributed by atoms with Gasteiger partial charge in [0.25, 0.3) is 0 Å². The molecule has 2 aliphatic rings. The van der Waals surface area contributed by atoms with Gasteiger partial charge in [-0.25, -0.2) is 0 Å². The molecular weight excluding hydrogens is 631 g/mol. The standard InChI is InChI=1S/C49H37N3/c1-5-6-8-15-33(2)37-28-38(36-16-9-7-10-17-36)30-39(29-37)52-46-20-13-11-18-42(46)49(43-19-12-14-21-47(43)52)44-26-34(31-50)22-24-40(44)48(3,4)41-25-23-35(32-51)27-45(41)49/h5-30H,1H2,2-4H3/b8-6-,33-15+. The molecule has 0 saturated carbocycles. The Labute approximate surface area is 306 Å². The summed E-state index contributed by atoms with van der Waals surface area (Å²) < 4.78 is 0. The van der Waals surface area contributed by atoms with E-state index in [4.69, 9.17) is 0 Å². The second-order valence-electron chi connectivity index (χ2n) is 14.1. The van der Waals surface area contributed by atoms with Gasteiger partial charge in [-0.2, -0.15) is 10.5 Å². The van der Waals surface area contributed by atoms with Gasteiger partial charge in [-0.1, -0.05) is 124 Å². The number of rotatable bonds is 5. The predicted molar refractivity (Wildman–Crippen MR) is 213 cm³/mol. The summed E-state index contributed by atoms with van der Waals surface area (Å²) in [5.41, 5.74) is 14.4. The molecule has 1 spiro atoms. The number of fused-ring (bicyclic) bond motifs is 8. The first-order chi connectivity index (χ1) is 25.3. The van der Waals surface area contributed by atoms with E-state index in [1.165, 1.54) is 11.1 Å². The van der Waals surface area contributed by atoms with Crippen molar-refractivity contribution in [2.24, 2.45) is 0 Å². The van der Waals surface area contributed by atoms with Crippen LogP contribution in [-0.2, 0) is 10.8 Å². The number of benzene rings is 6. The summed E-state index contributed by atoms with van der Waals surface area (Å²) >= 11 is 0. The van der Waals surface area contributed by atoms with Gasteiger partial charge in [0.05, 0.1) is 40.1 Å². The van der Waals surface area contributed by atoms with Crippen molar-refractivity contribution in [2.75, 3.05) is 4.90 Å². The fourth-order valence-corrected chi connectivity index (χ4v) is 8.47. The van der Waals surface area contributed by atoms with E-state index in [0.717, 1.165) is 61.6 Å². The molecule has 1 aliphatic heterocycles. The maximum Gasteiger partial charge on any atom is 0.0991 e. The zero-order chi connectivity index (χ0) is 36.0. The smallest absolute Gasteiger partial charge is 0.0991 e. The van der Waals surface area contributed by atoms with Crippen molar-refractivity contribution in [3.05, 3.63) is 214 Å². The van der Waals surface area contributed by atoms with Gasteiger partial charge in [-0.05, 0) is 117 Å². The zero-order valence-electron chi connectivity index (χ0n) is 29.6. The third kappa shape index (κ3) is 4.86. The summed E-state index contributed by atoms with van der Waals surface area (Å²) in [4.78, 5) is 2.39. The molecule has 52 heavy (non-hydrogen) atoms. The van der Waals surface area contributed by atoms with E-state index in [2.05, 4.69) is 166 Å².